The lowest BCUT2D eigenvalue weighted by Gasteiger charge is -2.30. The first-order valence-electron chi connectivity index (χ1n) is 10.1. The van der Waals surface area contributed by atoms with Crippen LogP contribution in [0.5, 0.6) is 0 Å². The van der Waals surface area contributed by atoms with Gasteiger partial charge in [0, 0.05) is 31.4 Å². The summed E-state index contributed by atoms with van der Waals surface area (Å²) in [6, 6.07) is 10.5. The number of likely N-dealkylation sites (tertiary alicyclic amines) is 1. The number of rotatable bonds is 7. The van der Waals surface area contributed by atoms with E-state index in [4.69, 9.17) is 0 Å². The van der Waals surface area contributed by atoms with Crippen LogP contribution < -0.4 is 0 Å². The average Bonchev–Trinajstić information content (AvgIpc) is 3.39. The predicted molar refractivity (Wildman–Crippen MR) is 111 cm³/mol. The molecule has 3 aromatic rings. The first-order valence-corrected chi connectivity index (χ1v) is 10.1. The van der Waals surface area contributed by atoms with Crippen LogP contribution >= 0.6 is 0 Å². The van der Waals surface area contributed by atoms with Crippen molar-refractivity contribution < 1.29 is 0 Å². The number of aromatic nitrogens is 5. The van der Waals surface area contributed by atoms with E-state index in [0.29, 0.717) is 5.92 Å². The van der Waals surface area contributed by atoms with Crippen LogP contribution in [0.1, 0.15) is 42.9 Å². The van der Waals surface area contributed by atoms with Crippen molar-refractivity contribution >= 4 is 6.08 Å². The number of benzene rings is 1. The molecule has 146 valence electrons. The zero-order chi connectivity index (χ0) is 19.2. The first kappa shape index (κ1) is 18.6. The molecule has 0 atom stereocenters. The number of imidazole rings is 1. The van der Waals surface area contributed by atoms with Gasteiger partial charge in [-0.1, -0.05) is 42.5 Å². The number of piperidine rings is 1. The van der Waals surface area contributed by atoms with E-state index in [-0.39, 0.29) is 0 Å². The van der Waals surface area contributed by atoms with Gasteiger partial charge >= 0.3 is 0 Å². The lowest BCUT2D eigenvalue weighted by Crippen LogP contribution is -2.33. The summed E-state index contributed by atoms with van der Waals surface area (Å²) in [6.07, 6.45) is 12.4. The third-order valence-electron chi connectivity index (χ3n) is 5.48. The van der Waals surface area contributed by atoms with Gasteiger partial charge in [0.15, 0.2) is 5.82 Å². The zero-order valence-corrected chi connectivity index (χ0v) is 16.5. The molecule has 1 saturated heterocycles. The van der Waals surface area contributed by atoms with Crippen molar-refractivity contribution in [2.75, 3.05) is 19.6 Å². The molecule has 0 aliphatic carbocycles. The van der Waals surface area contributed by atoms with Crippen LogP contribution in [0, 0.1) is 0 Å². The summed E-state index contributed by atoms with van der Waals surface area (Å²) in [5.74, 6) is 2.67. The highest BCUT2D eigenvalue weighted by atomic mass is 15.3. The highest BCUT2D eigenvalue weighted by Gasteiger charge is 2.25. The smallest absolute Gasteiger partial charge is 0.153 e. The normalized spacial score (nSPS) is 16.2. The second-order valence-electron chi connectivity index (χ2n) is 7.34. The van der Waals surface area contributed by atoms with Crippen LogP contribution in [0.2, 0.25) is 0 Å². The SMILES string of the molecule is CCn1c(Cn2ccnc2)nnc1C1CCN(C/C=C/c2ccccc2)CC1. The molecule has 28 heavy (non-hydrogen) atoms. The average molecular weight is 377 g/mol. The molecule has 0 bridgehead atoms. The molecule has 0 amide bonds. The zero-order valence-electron chi connectivity index (χ0n) is 16.5. The molecule has 1 aliphatic rings. The maximum Gasteiger partial charge on any atom is 0.153 e. The largest absolute Gasteiger partial charge is 0.330 e. The fraction of sp³-hybridized carbons (Fsp3) is 0.409. The Bertz CT molecular complexity index is 873. The van der Waals surface area contributed by atoms with Crippen LogP contribution in [-0.4, -0.2) is 48.8 Å². The minimum absolute atomic E-state index is 0.498. The van der Waals surface area contributed by atoms with Gasteiger partial charge in [-0.05, 0) is 38.4 Å². The predicted octanol–water partition coefficient (Wildman–Crippen LogP) is 3.44. The van der Waals surface area contributed by atoms with Gasteiger partial charge in [0.2, 0.25) is 0 Å². The summed E-state index contributed by atoms with van der Waals surface area (Å²) in [5.41, 5.74) is 1.26. The van der Waals surface area contributed by atoms with Crippen molar-refractivity contribution in [3.63, 3.8) is 0 Å². The van der Waals surface area contributed by atoms with Gasteiger partial charge in [-0.2, -0.15) is 0 Å². The van der Waals surface area contributed by atoms with E-state index >= 15 is 0 Å². The van der Waals surface area contributed by atoms with Gasteiger partial charge < -0.3 is 9.13 Å². The Balaban J connectivity index is 1.33. The molecule has 4 rings (SSSR count). The summed E-state index contributed by atoms with van der Waals surface area (Å²) in [7, 11) is 0. The van der Waals surface area contributed by atoms with E-state index in [9.17, 15) is 0 Å². The van der Waals surface area contributed by atoms with Crippen LogP contribution in [0.15, 0.2) is 55.1 Å². The third kappa shape index (κ3) is 4.39. The summed E-state index contributed by atoms with van der Waals surface area (Å²) in [5, 5.41) is 9.04. The molecule has 1 aromatic carbocycles. The highest BCUT2D eigenvalue weighted by Crippen LogP contribution is 2.27. The fourth-order valence-electron chi connectivity index (χ4n) is 3.93. The molecule has 3 heterocycles. The number of hydrogen-bond acceptors (Lipinski definition) is 4. The third-order valence-corrected chi connectivity index (χ3v) is 5.48. The maximum atomic E-state index is 4.56. The van der Waals surface area contributed by atoms with E-state index in [2.05, 4.69) is 74.1 Å². The molecule has 2 aromatic heterocycles. The van der Waals surface area contributed by atoms with Crippen molar-refractivity contribution in [1.82, 2.24) is 29.2 Å². The van der Waals surface area contributed by atoms with Crippen molar-refractivity contribution in [1.29, 1.82) is 0 Å². The minimum atomic E-state index is 0.498. The summed E-state index contributed by atoms with van der Waals surface area (Å²) in [6.45, 7) is 7.03. The Hall–Kier alpha value is -2.73. The second kappa shape index (κ2) is 8.97. The summed E-state index contributed by atoms with van der Waals surface area (Å²) < 4.78 is 4.33. The minimum Gasteiger partial charge on any atom is -0.330 e. The van der Waals surface area contributed by atoms with Crippen molar-refractivity contribution in [3.8, 4) is 0 Å². The van der Waals surface area contributed by atoms with Gasteiger partial charge in [-0.15, -0.1) is 10.2 Å². The monoisotopic (exact) mass is 376 g/mol. The van der Waals surface area contributed by atoms with Crippen molar-refractivity contribution in [2.45, 2.75) is 38.8 Å². The Morgan fingerprint density at radius 2 is 1.93 bits per heavy atom. The van der Waals surface area contributed by atoms with Crippen LogP contribution in [0.3, 0.4) is 0 Å². The van der Waals surface area contributed by atoms with Gasteiger partial charge in [0.1, 0.15) is 5.82 Å². The van der Waals surface area contributed by atoms with E-state index < -0.39 is 0 Å². The molecule has 6 heteroatoms. The molecule has 0 radical (unpaired) electrons. The molecular formula is C22H28N6. The standard InChI is InChI=1S/C22H28N6/c1-2-28-21(17-27-16-12-23-18-27)24-25-22(28)20-10-14-26(15-11-20)13-6-9-19-7-4-3-5-8-19/h3-9,12,16,18,20H,2,10-11,13-15,17H2,1H3/b9-6+. The van der Waals surface area contributed by atoms with Gasteiger partial charge in [0.05, 0.1) is 12.9 Å². The van der Waals surface area contributed by atoms with Crippen molar-refractivity contribution in [2.24, 2.45) is 0 Å². The maximum absolute atomic E-state index is 4.56. The molecule has 1 aliphatic heterocycles. The van der Waals surface area contributed by atoms with Crippen molar-refractivity contribution in [3.05, 3.63) is 72.3 Å². The van der Waals surface area contributed by atoms with Crippen LogP contribution in [0.4, 0.5) is 0 Å². The molecule has 6 nitrogen and oxygen atoms in total. The van der Waals surface area contributed by atoms with E-state index in [1.54, 1.807) is 6.20 Å². The van der Waals surface area contributed by atoms with Gasteiger partial charge in [0.25, 0.3) is 0 Å². The lowest BCUT2D eigenvalue weighted by atomic mass is 9.96. The highest BCUT2D eigenvalue weighted by molar-refractivity contribution is 5.48. The Morgan fingerprint density at radius 1 is 1.11 bits per heavy atom. The molecule has 0 N–H and O–H groups in total. The summed E-state index contributed by atoms with van der Waals surface area (Å²) in [4.78, 5) is 6.64. The van der Waals surface area contributed by atoms with Crippen LogP contribution in [-0.2, 0) is 13.1 Å². The molecular weight excluding hydrogens is 348 g/mol. The fourth-order valence-corrected chi connectivity index (χ4v) is 3.93. The van der Waals surface area contributed by atoms with E-state index in [1.807, 2.05) is 17.1 Å². The van der Waals surface area contributed by atoms with E-state index in [1.165, 1.54) is 5.56 Å². The topological polar surface area (TPSA) is 51.8 Å². The van der Waals surface area contributed by atoms with Gasteiger partial charge in [-0.25, -0.2) is 4.98 Å². The van der Waals surface area contributed by atoms with Crippen LogP contribution in [0.25, 0.3) is 6.08 Å². The molecule has 1 fully saturated rings. The number of hydrogen-bond donors (Lipinski definition) is 0. The quantitative estimate of drug-likeness (QED) is 0.634. The second-order valence-corrected chi connectivity index (χ2v) is 7.34. The number of nitrogens with zero attached hydrogens (tertiary/aromatic N) is 6. The van der Waals surface area contributed by atoms with E-state index in [0.717, 1.165) is 57.2 Å². The Kier molecular flexibility index (Phi) is 5.97. The Morgan fingerprint density at radius 3 is 2.64 bits per heavy atom. The molecule has 0 spiro atoms. The lowest BCUT2D eigenvalue weighted by molar-refractivity contribution is 0.227. The first-order chi connectivity index (χ1) is 13.8. The Labute approximate surface area is 166 Å². The molecule has 0 unspecified atom stereocenters. The molecule has 0 saturated carbocycles. The summed E-state index contributed by atoms with van der Waals surface area (Å²) >= 11 is 0. The van der Waals surface area contributed by atoms with Gasteiger partial charge in [-0.3, -0.25) is 4.90 Å².